The molecule has 23 heavy (non-hydrogen) atoms. The first-order chi connectivity index (χ1) is 10.9. The van der Waals surface area contributed by atoms with Gasteiger partial charge in [0.15, 0.2) is 5.17 Å². The smallest absolute Gasteiger partial charge is 0.309 e. The van der Waals surface area contributed by atoms with Gasteiger partial charge < -0.3 is 4.52 Å². The number of amidine groups is 1. The number of thioether (sulfide) groups is 1. The Balaban J connectivity index is 2.36. The SMILES string of the molecule is CCC(C)SP(=O)(OC)N1CCSC1=Nc1c(C)cccc1C. The predicted octanol–water partition coefficient (Wildman–Crippen LogP) is 5.63. The lowest BCUT2D eigenvalue weighted by Gasteiger charge is -2.28. The van der Waals surface area contributed by atoms with Crippen LogP contribution in [0, 0.1) is 13.8 Å². The summed E-state index contributed by atoms with van der Waals surface area (Å²) in [5, 5.41) is 1.09. The molecular weight excluding hydrogens is 347 g/mol. The van der Waals surface area contributed by atoms with E-state index in [1.807, 2.05) is 10.7 Å². The van der Waals surface area contributed by atoms with Crippen molar-refractivity contribution < 1.29 is 9.09 Å². The summed E-state index contributed by atoms with van der Waals surface area (Å²) in [5.74, 6) is 0.887. The van der Waals surface area contributed by atoms with Crippen LogP contribution in [0.25, 0.3) is 0 Å². The summed E-state index contributed by atoms with van der Waals surface area (Å²) in [7, 11) is 1.54. The molecule has 0 aromatic heterocycles. The predicted molar refractivity (Wildman–Crippen MR) is 104 cm³/mol. The van der Waals surface area contributed by atoms with Crippen LogP contribution in [0.3, 0.4) is 0 Å². The molecule has 4 nitrogen and oxygen atoms in total. The van der Waals surface area contributed by atoms with Crippen molar-refractivity contribution in [3.8, 4) is 0 Å². The maximum Gasteiger partial charge on any atom is 0.355 e. The Hall–Kier alpha value is -0.420. The Bertz CT molecular complexity index is 616. The van der Waals surface area contributed by atoms with Crippen molar-refractivity contribution in [3.05, 3.63) is 29.3 Å². The van der Waals surface area contributed by atoms with E-state index >= 15 is 0 Å². The van der Waals surface area contributed by atoms with Crippen molar-refractivity contribution in [1.82, 2.24) is 4.67 Å². The fourth-order valence-electron chi connectivity index (χ4n) is 2.29. The van der Waals surface area contributed by atoms with E-state index in [1.54, 1.807) is 11.8 Å². The van der Waals surface area contributed by atoms with Crippen LogP contribution in [-0.2, 0) is 9.09 Å². The number of rotatable bonds is 6. The van der Waals surface area contributed by atoms with E-state index in [0.29, 0.717) is 6.54 Å². The van der Waals surface area contributed by atoms with Crippen LogP contribution in [0.1, 0.15) is 31.4 Å². The molecule has 0 N–H and O–H groups in total. The van der Waals surface area contributed by atoms with Crippen LogP contribution in [0.15, 0.2) is 23.2 Å². The Labute approximate surface area is 147 Å². The summed E-state index contributed by atoms with van der Waals surface area (Å²) in [6.45, 7) is 6.06. The fraction of sp³-hybridized carbons (Fsp3) is 0.562. The minimum absolute atomic E-state index is 0.285. The molecule has 1 heterocycles. The summed E-state index contributed by atoms with van der Waals surface area (Å²) < 4.78 is 20.6. The summed E-state index contributed by atoms with van der Waals surface area (Å²) in [6, 6.07) is 6.15. The molecule has 0 aliphatic carbocycles. The normalized spacial score (nSPS) is 20.7. The van der Waals surface area contributed by atoms with Crippen LogP contribution in [0.2, 0.25) is 0 Å². The number of nitrogens with zero attached hydrogens (tertiary/aromatic N) is 2. The zero-order valence-corrected chi connectivity index (χ0v) is 16.9. The number of hydrogen-bond donors (Lipinski definition) is 0. The second-order valence-corrected chi connectivity index (χ2v) is 11.5. The largest absolute Gasteiger partial charge is 0.355 e. The van der Waals surface area contributed by atoms with E-state index in [9.17, 15) is 4.57 Å². The molecule has 0 saturated carbocycles. The molecule has 128 valence electrons. The zero-order chi connectivity index (χ0) is 17.0. The van der Waals surface area contributed by atoms with Crippen LogP contribution in [-0.4, -0.2) is 34.5 Å². The minimum atomic E-state index is -2.95. The quantitative estimate of drug-likeness (QED) is 0.606. The number of benzene rings is 1. The van der Waals surface area contributed by atoms with Crippen molar-refractivity contribution in [2.75, 3.05) is 19.4 Å². The van der Waals surface area contributed by atoms with Gasteiger partial charge in [-0.1, -0.05) is 43.8 Å². The van der Waals surface area contributed by atoms with E-state index in [-0.39, 0.29) is 5.25 Å². The van der Waals surface area contributed by atoms with E-state index in [4.69, 9.17) is 9.52 Å². The topological polar surface area (TPSA) is 41.9 Å². The van der Waals surface area contributed by atoms with Gasteiger partial charge in [0.25, 0.3) is 0 Å². The van der Waals surface area contributed by atoms with Gasteiger partial charge in [-0.25, -0.2) is 4.99 Å². The maximum atomic E-state index is 13.3. The minimum Gasteiger partial charge on any atom is -0.309 e. The third-order valence-electron chi connectivity index (χ3n) is 3.82. The van der Waals surface area contributed by atoms with E-state index < -0.39 is 6.72 Å². The van der Waals surface area contributed by atoms with E-state index in [0.717, 1.165) is 34.2 Å². The number of aliphatic imine (C=N–C) groups is 1. The monoisotopic (exact) mass is 372 g/mol. The van der Waals surface area contributed by atoms with Gasteiger partial charge in [-0.15, -0.1) is 0 Å². The molecule has 1 aliphatic heterocycles. The van der Waals surface area contributed by atoms with Gasteiger partial charge in [-0.05, 0) is 42.8 Å². The Morgan fingerprint density at radius 2 is 2.09 bits per heavy atom. The van der Waals surface area contributed by atoms with E-state index in [1.165, 1.54) is 18.5 Å². The highest BCUT2D eigenvalue weighted by Gasteiger charge is 2.39. The molecule has 0 radical (unpaired) electrons. The molecule has 1 aromatic carbocycles. The van der Waals surface area contributed by atoms with Crippen LogP contribution < -0.4 is 0 Å². The van der Waals surface area contributed by atoms with Gasteiger partial charge in [0.05, 0.1) is 5.69 Å². The number of hydrogen-bond acceptors (Lipinski definition) is 5. The molecule has 0 amide bonds. The molecule has 2 rings (SSSR count). The van der Waals surface area contributed by atoms with Crippen LogP contribution in [0.5, 0.6) is 0 Å². The van der Waals surface area contributed by atoms with Gasteiger partial charge >= 0.3 is 6.72 Å². The lowest BCUT2D eigenvalue weighted by molar-refractivity contribution is 0.374. The van der Waals surface area contributed by atoms with Gasteiger partial charge in [0, 0.05) is 24.7 Å². The van der Waals surface area contributed by atoms with Gasteiger partial charge in [0.1, 0.15) is 0 Å². The highest BCUT2D eigenvalue weighted by Crippen LogP contribution is 2.65. The summed E-state index contributed by atoms with van der Waals surface area (Å²) in [6.07, 6.45) is 0.961. The summed E-state index contributed by atoms with van der Waals surface area (Å²) in [5.41, 5.74) is 3.23. The first-order valence-electron chi connectivity index (χ1n) is 7.81. The van der Waals surface area contributed by atoms with Crippen molar-refractivity contribution in [3.63, 3.8) is 0 Å². The molecule has 1 fully saturated rings. The zero-order valence-electron chi connectivity index (χ0n) is 14.4. The summed E-state index contributed by atoms with van der Waals surface area (Å²) in [4.78, 5) is 4.83. The molecule has 7 heteroatoms. The molecule has 1 aromatic rings. The lowest BCUT2D eigenvalue weighted by atomic mass is 10.1. The van der Waals surface area contributed by atoms with Crippen molar-refractivity contribution >= 4 is 40.7 Å². The van der Waals surface area contributed by atoms with Crippen molar-refractivity contribution in [2.45, 2.75) is 39.4 Å². The van der Waals surface area contributed by atoms with Crippen LogP contribution in [0.4, 0.5) is 5.69 Å². The van der Waals surface area contributed by atoms with E-state index in [2.05, 4.69) is 39.8 Å². The molecular formula is C16H25N2O2PS2. The molecule has 2 atom stereocenters. The second-order valence-electron chi connectivity index (χ2n) is 5.58. The van der Waals surface area contributed by atoms with Crippen LogP contribution >= 0.6 is 29.9 Å². The van der Waals surface area contributed by atoms with Crippen molar-refractivity contribution in [2.24, 2.45) is 4.99 Å². The first-order valence-corrected chi connectivity index (χ1v) is 11.9. The van der Waals surface area contributed by atoms with Crippen molar-refractivity contribution in [1.29, 1.82) is 0 Å². The third kappa shape index (κ3) is 4.36. The van der Waals surface area contributed by atoms with Gasteiger partial charge in [-0.3, -0.25) is 9.24 Å². The molecule has 0 spiro atoms. The number of para-hydroxylation sites is 1. The average Bonchev–Trinajstić information content (AvgIpc) is 2.99. The Morgan fingerprint density at radius 3 is 2.65 bits per heavy atom. The average molecular weight is 372 g/mol. The lowest BCUT2D eigenvalue weighted by Crippen LogP contribution is -2.21. The highest BCUT2D eigenvalue weighted by molar-refractivity contribution is 8.56. The Kier molecular flexibility index (Phi) is 6.66. The highest BCUT2D eigenvalue weighted by atomic mass is 32.7. The van der Waals surface area contributed by atoms with Gasteiger partial charge in [0.2, 0.25) is 0 Å². The molecule has 2 unspecified atom stereocenters. The fourth-order valence-corrected chi connectivity index (χ4v) is 8.42. The van der Waals surface area contributed by atoms with Gasteiger partial charge in [-0.2, -0.15) is 0 Å². The molecule has 1 saturated heterocycles. The second kappa shape index (κ2) is 8.11. The first kappa shape index (κ1) is 18.9. The molecule has 1 aliphatic rings. The maximum absolute atomic E-state index is 13.3. The third-order valence-corrected chi connectivity index (χ3v) is 10.2. The molecule has 0 bridgehead atoms. The Morgan fingerprint density at radius 1 is 1.43 bits per heavy atom. The summed E-state index contributed by atoms with van der Waals surface area (Å²) >= 11 is 3.08. The number of aryl methyl sites for hydroxylation is 2. The standard InChI is InChI=1S/C16H25N2O2PS2/c1-6-14(4)23-21(19,20-5)18-10-11-22-16(18)17-15-12(2)8-7-9-13(15)3/h7-9,14H,6,10-11H2,1-5H3.